The molecule has 0 aliphatic carbocycles. The molecule has 1 aliphatic heterocycles. The molecule has 4 nitrogen and oxygen atoms in total. The first-order valence-electron chi connectivity index (χ1n) is 5.60. The molecule has 0 spiro atoms. The highest BCUT2D eigenvalue weighted by Crippen LogP contribution is 2.43. The van der Waals surface area contributed by atoms with Crippen molar-refractivity contribution in [2.45, 2.75) is 18.4 Å². The van der Waals surface area contributed by atoms with Crippen LogP contribution in [0, 0.1) is 17.2 Å². The van der Waals surface area contributed by atoms with Gasteiger partial charge in [-0.15, -0.1) is 0 Å². The second kappa shape index (κ2) is 4.29. The van der Waals surface area contributed by atoms with Crippen LogP contribution in [0.3, 0.4) is 0 Å². The second-order valence-corrected chi connectivity index (χ2v) is 5.74. The third kappa shape index (κ3) is 1.77. The number of amides is 1. The number of anilines is 1. The van der Waals surface area contributed by atoms with Crippen LogP contribution in [0.25, 0.3) is 0 Å². The van der Waals surface area contributed by atoms with Crippen LogP contribution in [0.15, 0.2) is 18.2 Å². The minimum absolute atomic E-state index is 0.0174. The van der Waals surface area contributed by atoms with Crippen LogP contribution < -0.4 is 9.64 Å². The van der Waals surface area contributed by atoms with Crippen LogP contribution in [0.5, 0.6) is 5.75 Å². The van der Waals surface area contributed by atoms with E-state index in [0.29, 0.717) is 17.0 Å². The van der Waals surface area contributed by atoms with Crippen molar-refractivity contribution in [3.8, 4) is 11.8 Å². The number of hydrogen-bond acceptors (Lipinski definition) is 3. The molecule has 0 N–H and O–H groups in total. The molecule has 1 aromatic rings. The zero-order valence-corrected chi connectivity index (χ0v) is 12.0. The molecule has 1 heterocycles. The lowest BCUT2D eigenvalue weighted by Crippen LogP contribution is -2.53. The number of halogens is 1. The number of likely N-dealkylation sites (N-methyl/N-ethyl adjacent to an activating group) is 1. The minimum Gasteiger partial charge on any atom is -0.464 e. The average Bonchev–Trinajstić information content (AvgIpc) is 2.35. The van der Waals surface area contributed by atoms with E-state index in [2.05, 4.69) is 22.0 Å². The predicted molar refractivity (Wildman–Crippen MR) is 71.7 cm³/mol. The van der Waals surface area contributed by atoms with Crippen LogP contribution in [0.1, 0.15) is 19.4 Å². The zero-order valence-electron chi connectivity index (χ0n) is 10.4. The van der Waals surface area contributed by atoms with Crippen LogP contribution in [0.2, 0.25) is 0 Å². The number of nitriles is 1. The van der Waals surface area contributed by atoms with E-state index in [1.54, 1.807) is 25.2 Å². The molecule has 1 amide bonds. The Hall–Kier alpha value is -1.54. The SMILES string of the molecule is CC(C)C1(Br)Oc2ccc(C#N)cc2N(C)C1=O. The molecule has 1 atom stereocenters. The number of benzene rings is 1. The van der Waals surface area contributed by atoms with E-state index in [4.69, 9.17) is 10.00 Å². The summed E-state index contributed by atoms with van der Waals surface area (Å²) in [6.45, 7) is 3.82. The van der Waals surface area contributed by atoms with E-state index in [1.807, 2.05) is 13.8 Å². The van der Waals surface area contributed by atoms with Gasteiger partial charge in [-0.1, -0.05) is 13.8 Å². The lowest BCUT2D eigenvalue weighted by molar-refractivity contribution is -0.130. The Bertz CT molecular complexity index is 550. The summed E-state index contributed by atoms with van der Waals surface area (Å²) in [5, 5.41) is 8.88. The second-order valence-electron chi connectivity index (χ2n) is 4.56. The van der Waals surface area contributed by atoms with Gasteiger partial charge in [-0.2, -0.15) is 5.26 Å². The van der Waals surface area contributed by atoms with Crippen molar-refractivity contribution in [1.29, 1.82) is 5.26 Å². The van der Waals surface area contributed by atoms with Gasteiger partial charge in [-0.25, -0.2) is 0 Å². The van der Waals surface area contributed by atoms with Crippen molar-refractivity contribution >= 4 is 27.5 Å². The summed E-state index contributed by atoms with van der Waals surface area (Å²) in [7, 11) is 1.68. The summed E-state index contributed by atoms with van der Waals surface area (Å²) >= 11 is 3.39. The first-order chi connectivity index (χ1) is 8.40. The minimum atomic E-state index is -1.04. The molecule has 0 saturated heterocycles. The van der Waals surface area contributed by atoms with Crippen molar-refractivity contribution in [1.82, 2.24) is 0 Å². The molecule has 0 radical (unpaired) electrons. The van der Waals surface area contributed by atoms with Gasteiger partial charge in [0, 0.05) is 13.0 Å². The van der Waals surface area contributed by atoms with Gasteiger partial charge in [0.25, 0.3) is 5.91 Å². The van der Waals surface area contributed by atoms with E-state index in [0.717, 1.165) is 0 Å². The van der Waals surface area contributed by atoms with Crippen LogP contribution >= 0.6 is 15.9 Å². The fraction of sp³-hybridized carbons (Fsp3) is 0.385. The molecule has 94 valence electrons. The van der Waals surface area contributed by atoms with E-state index < -0.39 is 4.51 Å². The Balaban J connectivity index is 2.54. The van der Waals surface area contributed by atoms with Gasteiger partial charge in [0.2, 0.25) is 4.51 Å². The molecule has 0 saturated carbocycles. The summed E-state index contributed by atoms with van der Waals surface area (Å²) < 4.78 is 4.74. The average molecular weight is 309 g/mol. The standard InChI is InChI=1S/C13H13BrN2O2/c1-8(2)13(14)12(17)16(3)10-6-9(7-15)4-5-11(10)18-13/h4-6,8H,1-3H3. The monoisotopic (exact) mass is 308 g/mol. The highest BCUT2D eigenvalue weighted by atomic mass is 79.9. The van der Waals surface area contributed by atoms with Gasteiger partial charge in [0.15, 0.2) is 0 Å². The van der Waals surface area contributed by atoms with Crippen LogP contribution in [-0.2, 0) is 4.79 Å². The van der Waals surface area contributed by atoms with Crippen LogP contribution in [0.4, 0.5) is 5.69 Å². The van der Waals surface area contributed by atoms with Crippen molar-refractivity contribution < 1.29 is 9.53 Å². The van der Waals surface area contributed by atoms with Gasteiger partial charge in [-0.3, -0.25) is 4.79 Å². The molecule has 1 aliphatic rings. The Morgan fingerprint density at radius 3 is 2.72 bits per heavy atom. The topological polar surface area (TPSA) is 53.3 Å². The van der Waals surface area contributed by atoms with E-state index in [-0.39, 0.29) is 11.8 Å². The van der Waals surface area contributed by atoms with E-state index >= 15 is 0 Å². The first-order valence-corrected chi connectivity index (χ1v) is 6.39. The molecule has 0 aromatic heterocycles. The fourth-order valence-corrected chi connectivity index (χ4v) is 2.28. The maximum Gasteiger partial charge on any atom is 0.282 e. The highest BCUT2D eigenvalue weighted by molar-refractivity contribution is 9.10. The van der Waals surface area contributed by atoms with Crippen molar-refractivity contribution in [3.05, 3.63) is 23.8 Å². The predicted octanol–water partition coefficient (Wildman–Crippen LogP) is 2.66. The summed E-state index contributed by atoms with van der Waals surface area (Å²) in [5.41, 5.74) is 1.12. The maximum atomic E-state index is 12.3. The molecule has 0 bridgehead atoms. The normalized spacial score (nSPS) is 22.4. The van der Waals surface area contributed by atoms with E-state index in [1.165, 1.54) is 4.90 Å². The number of fused-ring (bicyclic) bond motifs is 1. The summed E-state index contributed by atoms with van der Waals surface area (Å²) in [6.07, 6.45) is 0. The number of rotatable bonds is 1. The number of nitrogens with zero attached hydrogens (tertiary/aromatic N) is 2. The molecule has 18 heavy (non-hydrogen) atoms. The van der Waals surface area contributed by atoms with Crippen molar-refractivity contribution in [3.63, 3.8) is 0 Å². The third-order valence-electron chi connectivity index (χ3n) is 3.05. The fourth-order valence-electron chi connectivity index (χ4n) is 1.84. The maximum absolute atomic E-state index is 12.3. The highest BCUT2D eigenvalue weighted by Gasteiger charge is 2.47. The third-order valence-corrected chi connectivity index (χ3v) is 4.46. The van der Waals surface area contributed by atoms with Crippen LogP contribution in [-0.4, -0.2) is 17.5 Å². The summed E-state index contributed by atoms with van der Waals surface area (Å²) in [4.78, 5) is 13.8. The first kappa shape index (κ1) is 12.9. The molecule has 0 fully saturated rings. The Morgan fingerprint density at radius 2 is 2.17 bits per heavy atom. The van der Waals surface area contributed by atoms with Gasteiger partial charge >= 0.3 is 0 Å². The molecular weight excluding hydrogens is 296 g/mol. The number of carbonyl (C=O) groups is 1. The van der Waals surface area contributed by atoms with Crippen molar-refractivity contribution in [2.75, 3.05) is 11.9 Å². The molecule has 2 rings (SSSR count). The van der Waals surface area contributed by atoms with Gasteiger partial charge in [0.05, 0.1) is 17.3 Å². The molecule has 1 unspecified atom stereocenters. The van der Waals surface area contributed by atoms with E-state index in [9.17, 15) is 4.79 Å². The lowest BCUT2D eigenvalue weighted by Gasteiger charge is -2.39. The van der Waals surface area contributed by atoms with Gasteiger partial charge in [-0.05, 0) is 34.1 Å². The molecule has 1 aromatic carbocycles. The summed E-state index contributed by atoms with van der Waals surface area (Å²) in [6, 6.07) is 7.10. The van der Waals surface area contributed by atoms with Gasteiger partial charge in [0.1, 0.15) is 5.75 Å². The Labute approximate surface area is 114 Å². The number of alkyl halides is 1. The van der Waals surface area contributed by atoms with Gasteiger partial charge < -0.3 is 9.64 Å². The quantitative estimate of drug-likeness (QED) is 0.749. The summed E-state index contributed by atoms with van der Waals surface area (Å²) in [5.74, 6) is 0.415. The Kier molecular flexibility index (Phi) is 3.07. The largest absolute Gasteiger partial charge is 0.464 e. The number of hydrogen-bond donors (Lipinski definition) is 0. The smallest absolute Gasteiger partial charge is 0.282 e. The number of carbonyl (C=O) groups excluding carboxylic acids is 1. The number of ether oxygens (including phenoxy) is 1. The Morgan fingerprint density at radius 1 is 1.50 bits per heavy atom. The lowest BCUT2D eigenvalue weighted by atomic mass is 10.0. The van der Waals surface area contributed by atoms with Crippen molar-refractivity contribution in [2.24, 2.45) is 5.92 Å². The molecule has 5 heteroatoms. The molecular formula is C13H13BrN2O2. The zero-order chi connectivity index (χ0) is 13.5.